The van der Waals surface area contributed by atoms with E-state index in [2.05, 4.69) is 10.2 Å². The number of likely N-dealkylation sites (tertiary alicyclic amines) is 1. The molecular weight excluding hydrogens is 332 g/mol. The molecule has 0 aromatic heterocycles. The monoisotopic (exact) mass is 364 g/mol. The van der Waals surface area contributed by atoms with Crippen molar-refractivity contribution in [1.82, 2.24) is 10.2 Å². The summed E-state index contributed by atoms with van der Waals surface area (Å²) in [6, 6.07) is 7.75. The second-order valence-corrected chi connectivity index (χ2v) is 8.24. The molecule has 1 fully saturated rings. The smallest absolute Gasteiger partial charge is 0.258 e. The molecule has 0 saturated carbocycles. The molecule has 3 N–H and O–H groups in total. The molecule has 1 aromatic rings. The lowest BCUT2D eigenvalue weighted by Gasteiger charge is -2.24. The summed E-state index contributed by atoms with van der Waals surface area (Å²) in [7, 11) is 0. The van der Waals surface area contributed by atoms with Crippen LogP contribution in [0.1, 0.15) is 45.6 Å². The van der Waals surface area contributed by atoms with Gasteiger partial charge in [0.25, 0.3) is 5.91 Å². The van der Waals surface area contributed by atoms with E-state index in [-0.39, 0.29) is 24.7 Å². The number of nitrogens with one attached hydrogen (secondary N) is 1. The maximum Gasteiger partial charge on any atom is 0.258 e. The van der Waals surface area contributed by atoms with Crippen LogP contribution in [-0.2, 0) is 11.3 Å². The quantitative estimate of drug-likeness (QED) is 0.716. The maximum absolute atomic E-state index is 11.8. The van der Waals surface area contributed by atoms with Crippen molar-refractivity contribution in [3.63, 3.8) is 0 Å². The largest absolute Gasteiger partial charge is 0.484 e. The van der Waals surface area contributed by atoms with E-state index in [0.29, 0.717) is 18.6 Å². The van der Waals surface area contributed by atoms with Gasteiger partial charge >= 0.3 is 0 Å². The van der Waals surface area contributed by atoms with Gasteiger partial charge in [-0.05, 0) is 64.3 Å². The first kappa shape index (κ1) is 20.7. The van der Waals surface area contributed by atoms with Crippen LogP contribution in [0, 0.1) is 0 Å². The second-order valence-electron chi connectivity index (χ2n) is 8.24. The van der Waals surface area contributed by atoms with Crippen molar-refractivity contribution in [2.75, 3.05) is 26.3 Å². The van der Waals surface area contributed by atoms with E-state index in [0.717, 1.165) is 31.6 Å². The predicted molar refractivity (Wildman–Crippen MR) is 101 cm³/mol. The predicted octanol–water partition coefficient (Wildman–Crippen LogP) is 1.69. The van der Waals surface area contributed by atoms with Crippen LogP contribution in [0.15, 0.2) is 24.3 Å². The van der Waals surface area contributed by atoms with Crippen molar-refractivity contribution in [1.29, 1.82) is 0 Å². The van der Waals surface area contributed by atoms with Crippen molar-refractivity contribution >= 4 is 5.91 Å². The number of carbonyl (C=O) groups excluding carboxylic acids is 1. The van der Waals surface area contributed by atoms with Crippen LogP contribution >= 0.6 is 0 Å². The van der Waals surface area contributed by atoms with E-state index in [1.807, 2.05) is 45.0 Å². The lowest BCUT2D eigenvalue weighted by Crippen LogP contribution is -2.43. The number of carbonyl (C=O) groups is 1. The van der Waals surface area contributed by atoms with E-state index in [1.165, 1.54) is 0 Å². The highest BCUT2D eigenvalue weighted by Crippen LogP contribution is 2.23. The third-order valence-electron chi connectivity index (χ3n) is 4.52. The standard InChI is InChI=1S/C20H32N2O4/c1-19(2,3)21-18(24)14-26-17-7-5-16(6-8-17)13-22-11-4-9-20(25,15-23)10-12-22/h5-8,23,25H,4,9-15H2,1-3H3,(H,21,24). The van der Waals surface area contributed by atoms with Crippen LogP contribution in [0.4, 0.5) is 0 Å². The van der Waals surface area contributed by atoms with E-state index < -0.39 is 5.60 Å². The van der Waals surface area contributed by atoms with Crippen molar-refractivity contribution in [2.45, 2.75) is 57.7 Å². The molecule has 1 saturated heterocycles. The molecule has 1 aliphatic rings. The first-order valence-corrected chi connectivity index (χ1v) is 9.27. The van der Waals surface area contributed by atoms with E-state index in [4.69, 9.17) is 4.74 Å². The van der Waals surface area contributed by atoms with Crippen molar-refractivity contribution in [3.8, 4) is 5.75 Å². The molecule has 1 amide bonds. The number of nitrogens with zero attached hydrogens (tertiary/aromatic N) is 1. The number of rotatable bonds is 6. The second kappa shape index (κ2) is 8.84. The number of hydrogen-bond donors (Lipinski definition) is 3. The molecule has 1 atom stereocenters. The Morgan fingerprint density at radius 2 is 1.92 bits per heavy atom. The third-order valence-corrected chi connectivity index (χ3v) is 4.52. The lowest BCUT2D eigenvalue weighted by molar-refractivity contribution is -0.124. The van der Waals surface area contributed by atoms with E-state index >= 15 is 0 Å². The number of benzene rings is 1. The Kier molecular flexibility index (Phi) is 7.03. The molecule has 1 aromatic carbocycles. The molecule has 1 unspecified atom stereocenters. The summed E-state index contributed by atoms with van der Waals surface area (Å²) in [5.74, 6) is 0.533. The van der Waals surface area contributed by atoms with Gasteiger partial charge in [-0.15, -0.1) is 0 Å². The average Bonchev–Trinajstić information content (AvgIpc) is 2.75. The summed E-state index contributed by atoms with van der Waals surface area (Å²) in [5, 5.41) is 22.4. The lowest BCUT2D eigenvalue weighted by atomic mass is 9.96. The van der Waals surface area contributed by atoms with Gasteiger partial charge < -0.3 is 20.3 Å². The van der Waals surface area contributed by atoms with Crippen LogP contribution in [0.3, 0.4) is 0 Å². The first-order chi connectivity index (χ1) is 12.2. The van der Waals surface area contributed by atoms with Crippen LogP contribution in [0.2, 0.25) is 0 Å². The van der Waals surface area contributed by atoms with Gasteiger partial charge in [0.05, 0.1) is 12.2 Å². The van der Waals surface area contributed by atoms with Gasteiger partial charge in [-0.1, -0.05) is 12.1 Å². The molecular formula is C20H32N2O4. The number of hydrogen-bond acceptors (Lipinski definition) is 5. The molecule has 6 nitrogen and oxygen atoms in total. The van der Waals surface area contributed by atoms with Crippen molar-refractivity contribution in [3.05, 3.63) is 29.8 Å². The molecule has 0 radical (unpaired) electrons. The Hall–Kier alpha value is -1.63. The molecule has 6 heteroatoms. The Balaban J connectivity index is 1.81. The minimum Gasteiger partial charge on any atom is -0.484 e. The van der Waals surface area contributed by atoms with Crippen molar-refractivity contribution in [2.24, 2.45) is 0 Å². The zero-order valence-corrected chi connectivity index (χ0v) is 16.1. The molecule has 0 bridgehead atoms. The molecule has 0 spiro atoms. The minimum absolute atomic E-state index is 0.00246. The Bertz CT molecular complexity index is 582. The highest BCUT2D eigenvalue weighted by atomic mass is 16.5. The highest BCUT2D eigenvalue weighted by Gasteiger charge is 2.29. The van der Waals surface area contributed by atoms with Gasteiger partial charge in [-0.2, -0.15) is 0 Å². The number of aliphatic hydroxyl groups is 2. The molecule has 1 aliphatic heterocycles. The van der Waals surface area contributed by atoms with Gasteiger partial charge in [0, 0.05) is 18.6 Å². The molecule has 146 valence electrons. The van der Waals surface area contributed by atoms with Crippen LogP contribution in [-0.4, -0.2) is 58.5 Å². The zero-order valence-electron chi connectivity index (χ0n) is 16.1. The van der Waals surface area contributed by atoms with Gasteiger partial charge in [0.1, 0.15) is 5.75 Å². The summed E-state index contributed by atoms with van der Waals surface area (Å²) in [6.45, 7) is 8.11. The fourth-order valence-electron chi connectivity index (χ4n) is 3.10. The van der Waals surface area contributed by atoms with E-state index in [9.17, 15) is 15.0 Å². The summed E-state index contributed by atoms with van der Waals surface area (Å²) in [5.41, 5.74) is -0.0365. The fourth-order valence-corrected chi connectivity index (χ4v) is 3.10. The molecule has 26 heavy (non-hydrogen) atoms. The van der Waals surface area contributed by atoms with E-state index in [1.54, 1.807) is 0 Å². The van der Waals surface area contributed by atoms with Gasteiger partial charge in [0.15, 0.2) is 6.61 Å². The van der Waals surface area contributed by atoms with Gasteiger partial charge in [-0.3, -0.25) is 9.69 Å². The molecule has 1 heterocycles. The molecule has 2 rings (SSSR count). The summed E-state index contributed by atoms with van der Waals surface area (Å²) in [6.07, 6.45) is 2.11. The average molecular weight is 364 g/mol. The summed E-state index contributed by atoms with van der Waals surface area (Å²) < 4.78 is 5.53. The van der Waals surface area contributed by atoms with Crippen LogP contribution in [0.5, 0.6) is 5.75 Å². The Morgan fingerprint density at radius 3 is 2.54 bits per heavy atom. The van der Waals surface area contributed by atoms with Crippen LogP contribution in [0.25, 0.3) is 0 Å². The van der Waals surface area contributed by atoms with Gasteiger partial charge in [-0.25, -0.2) is 0 Å². The molecule has 0 aliphatic carbocycles. The fraction of sp³-hybridized carbons (Fsp3) is 0.650. The normalized spacial score (nSPS) is 21.9. The van der Waals surface area contributed by atoms with Crippen molar-refractivity contribution < 1.29 is 19.7 Å². The summed E-state index contributed by atoms with van der Waals surface area (Å²) >= 11 is 0. The van der Waals surface area contributed by atoms with Crippen LogP contribution < -0.4 is 10.1 Å². The minimum atomic E-state index is -0.930. The summed E-state index contributed by atoms with van der Waals surface area (Å²) in [4.78, 5) is 14.1. The maximum atomic E-state index is 11.8. The SMILES string of the molecule is CC(C)(C)NC(=O)COc1ccc(CN2CCCC(O)(CO)CC2)cc1. The number of aliphatic hydroxyl groups excluding tert-OH is 1. The van der Waals surface area contributed by atoms with Gasteiger partial charge in [0.2, 0.25) is 0 Å². The first-order valence-electron chi connectivity index (χ1n) is 9.27. The zero-order chi connectivity index (χ0) is 19.2. The third kappa shape index (κ3) is 6.94. The topological polar surface area (TPSA) is 82.0 Å². The highest BCUT2D eigenvalue weighted by molar-refractivity contribution is 5.78. The number of ether oxygens (including phenoxy) is 1. The number of amides is 1. The Morgan fingerprint density at radius 1 is 1.23 bits per heavy atom. The Labute approximate surface area is 156 Å².